The van der Waals surface area contributed by atoms with Crippen LogP contribution in [0.2, 0.25) is 5.02 Å². The summed E-state index contributed by atoms with van der Waals surface area (Å²) in [6.07, 6.45) is 0. The van der Waals surface area contributed by atoms with E-state index in [2.05, 4.69) is 9.71 Å². The first-order valence-corrected chi connectivity index (χ1v) is 10.6. The van der Waals surface area contributed by atoms with Gasteiger partial charge in [-0.1, -0.05) is 35.9 Å². The first-order valence-electron chi connectivity index (χ1n) is 8.69. The van der Waals surface area contributed by atoms with Crippen LogP contribution in [0.4, 0.5) is 5.69 Å². The number of hydrogen-bond donors (Lipinski definition) is 1. The number of fused-ring (bicyclic) bond motifs is 1. The third kappa shape index (κ3) is 3.25. The van der Waals surface area contributed by atoms with E-state index < -0.39 is 10.0 Å². The smallest absolute Gasteiger partial charge is 0.262 e. The lowest BCUT2D eigenvalue weighted by Crippen LogP contribution is -2.14. The predicted octanol–water partition coefficient (Wildman–Crippen LogP) is 5.10. The van der Waals surface area contributed by atoms with Crippen molar-refractivity contribution in [2.75, 3.05) is 4.72 Å². The summed E-state index contributed by atoms with van der Waals surface area (Å²) in [6, 6.07) is 20.0. The maximum atomic E-state index is 12.9. The predicted molar refractivity (Wildman–Crippen MR) is 113 cm³/mol. The van der Waals surface area contributed by atoms with Gasteiger partial charge in [-0.05, 0) is 61.9 Å². The zero-order valence-corrected chi connectivity index (χ0v) is 16.9. The molecule has 0 fully saturated rings. The summed E-state index contributed by atoms with van der Waals surface area (Å²) in [5.41, 5.74) is 3.56. The van der Waals surface area contributed by atoms with E-state index in [9.17, 15) is 8.42 Å². The number of para-hydroxylation sites is 1. The van der Waals surface area contributed by atoms with Gasteiger partial charge < -0.3 is 0 Å². The van der Waals surface area contributed by atoms with Gasteiger partial charge in [0.2, 0.25) is 0 Å². The van der Waals surface area contributed by atoms with E-state index in [4.69, 9.17) is 11.6 Å². The van der Waals surface area contributed by atoms with Gasteiger partial charge in [-0.3, -0.25) is 9.29 Å². The van der Waals surface area contributed by atoms with Crippen LogP contribution in [0.5, 0.6) is 0 Å². The van der Waals surface area contributed by atoms with Crippen molar-refractivity contribution >= 4 is 38.3 Å². The van der Waals surface area contributed by atoms with E-state index in [1.807, 2.05) is 47.9 Å². The van der Waals surface area contributed by atoms with Gasteiger partial charge in [-0.15, -0.1) is 0 Å². The molecule has 0 unspecified atom stereocenters. The molecule has 142 valence electrons. The fraction of sp³-hybridized carbons (Fsp3) is 0.0952. The Morgan fingerprint density at radius 1 is 0.964 bits per heavy atom. The Bertz CT molecular complexity index is 1280. The third-order valence-corrected chi connectivity index (χ3v) is 6.53. The van der Waals surface area contributed by atoms with Gasteiger partial charge in [0, 0.05) is 10.7 Å². The van der Waals surface area contributed by atoms with E-state index in [0.717, 1.165) is 22.5 Å². The Morgan fingerprint density at radius 3 is 2.46 bits per heavy atom. The molecule has 0 aliphatic rings. The summed E-state index contributed by atoms with van der Waals surface area (Å²) in [5, 5.41) is 0.413. The van der Waals surface area contributed by atoms with Crippen LogP contribution in [0.25, 0.3) is 16.7 Å². The monoisotopic (exact) mass is 411 g/mol. The number of aryl methyl sites for hydroxylation is 1. The third-order valence-electron chi connectivity index (χ3n) is 4.60. The Hall–Kier alpha value is -2.83. The zero-order valence-electron chi connectivity index (χ0n) is 15.3. The van der Waals surface area contributed by atoms with E-state index in [-0.39, 0.29) is 4.90 Å². The van der Waals surface area contributed by atoms with Crippen LogP contribution >= 0.6 is 11.6 Å². The SMILES string of the molecule is Cc1c(Cl)cccc1S(=O)(=O)Nc1ccc2nc(C)n(-c3ccccc3)c2c1. The maximum Gasteiger partial charge on any atom is 0.262 e. The van der Waals surface area contributed by atoms with Gasteiger partial charge in [0.25, 0.3) is 10.0 Å². The summed E-state index contributed by atoms with van der Waals surface area (Å²) in [5.74, 6) is 0.826. The standard InChI is InChI=1S/C21H18ClN3O2S/c1-14-18(22)9-6-10-21(14)28(26,27)24-16-11-12-19-20(13-16)25(15(2)23-19)17-7-4-3-5-8-17/h3-13,24H,1-2H3. The minimum absolute atomic E-state index is 0.160. The fourth-order valence-electron chi connectivity index (χ4n) is 3.25. The molecule has 0 amide bonds. The number of imidazole rings is 1. The van der Waals surface area contributed by atoms with Crippen molar-refractivity contribution in [3.05, 3.63) is 83.1 Å². The summed E-state index contributed by atoms with van der Waals surface area (Å²) in [4.78, 5) is 4.74. The molecule has 4 rings (SSSR count). The summed E-state index contributed by atoms with van der Waals surface area (Å²) >= 11 is 6.09. The Balaban J connectivity index is 1.79. The number of halogens is 1. The molecule has 0 atom stereocenters. The van der Waals surface area contributed by atoms with Gasteiger partial charge in [-0.2, -0.15) is 0 Å². The minimum atomic E-state index is -3.77. The van der Waals surface area contributed by atoms with Gasteiger partial charge in [-0.25, -0.2) is 13.4 Å². The number of benzene rings is 3. The summed E-state index contributed by atoms with van der Waals surface area (Å²) in [7, 11) is -3.77. The highest BCUT2D eigenvalue weighted by Crippen LogP contribution is 2.28. The first kappa shape index (κ1) is 18.5. The molecule has 1 heterocycles. The van der Waals surface area contributed by atoms with Crippen LogP contribution in [-0.2, 0) is 10.0 Å². The lowest BCUT2D eigenvalue weighted by Gasteiger charge is -2.12. The van der Waals surface area contributed by atoms with Crippen molar-refractivity contribution in [2.24, 2.45) is 0 Å². The average Bonchev–Trinajstić information content (AvgIpc) is 2.99. The number of nitrogens with one attached hydrogen (secondary N) is 1. The highest BCUT2D eigenvalue weighted by molar-refractivity contribution is 7.92. The molecule has 5 nitrogen and oxygen atoms in total. The molecule has 0 saturated carbocycles. The van der Waals surface area contributed by atoms with E-state index in [1.54, 1.807) is 37.3 Å². The highest BCUT2D eigenvalue weighted by Gasteiger charge is 2.19. The van der Waals surface area contributed by atoms with Crippen molar-refractivity contribution in [1.29, 1.82) is 0 Å². The zero-order chi connectivity index (χ0) is 19.9. The van der Waals surface area contributed by atoms with E-state index in [1.165, 1.54) is 0 Å². The number of sulfonamides is 1. The van der Waals surface area contributed by atoms with Crippen molar-refractivity contribution in [2.45, 2.75) is 18.7 Å². The largest absolute Gasteiger partial charge is 0.296 e. The van der Waals surface area contributed by atoms with Crippen LogP contribution < -0.4 is 4.72 Å². The molecule has 3 aromatic carbocycles. The van der Waals surface area contributed by atoms with Crippen molar-refractivity contribution in [3.8, 4) is 5.69 Å². The van der Waals surface area contributed by atoms with Crippen LogP contribution in [0.1, 0.15) is 11.4 Å². The van der Waals surface area contributed by atoms with Gasteiger partial charge in [0.1, 0.15) is 5.82 Å². The van der Waals surface area contributed by atoms with Crippen LogP contribution in [0.15, 0.2) is 71.6 Å². The lowest BCUT2D eigenvalue weighted by atomic mass is 10.2. The number of aromatic nitrogens is 2. The van der Waals surface area contributed by atoms with Crippen LogP contribution in [0, 0.1) is 13.8 Å². The molecule has 1 N–H and O–H groups in total. The number of rotatable bonds is 4. The molecule has 0 saturated heterocycles. The topological polar surface area (TPSA) is 64.0 Å². The van der Waals surface area contributed by atoms with Gasteiger partial charge >= 0.3 is 0 Å². The quantitative estimate of drug-likeness (QED) is 0.508. The molecule has 28 heavy (non-hydrogen) atoms. The minimum Gasteiger partial charge on any atom is -0.296 e. The van der Waals surface area contributed by atoms with Crippen molar-refractivity contribution < 1.29 is 8.42 Å². The first-order chi connectivity index (χ1) is 13.4. The number of hydrogen-bond acceptors (Lipinski definition) is 3. The molecule has 0 aliphatic heterocycles. The second-order valence-electron chi connectivity index (χ2n) is 6.50. The molecule has 1 aromatic heterocycles. The van der Waals surface area contributed by atoms with Crippen molar-refractivity contribution in [1.82, 2.24) is 9.55 Å². The maximum absolute atomic E-state index is 12.9. The van der Waals surface area contributed by atoms with Gasteiger partial charge in [0.15, 0.2) is 0 Å². The summed E-state index contributed by atoms with van der Waals surface area (Å²) < 4.78 is 30.4. The molecule has 0 radical (unpaired) electrons. The Labute approximate surface area is 168 Å². The lowest BCUT2D eigenvalue weighted by molar-refractivity contribution is 0.600. The molecule has 0 spiro atoms. The number of anilines is 1. The second kappa shape index (κ2) is 6.96. The molecular formula is C21H18ClN3O2S. The van der Waals surface area contributed by atoms with Crippen LogP contribution in [-0.4, -0.2) is 18.0 Å². The second-order valence-corrected chi connectivity index (χ2v) is 8.56. The van der Waals surface area contributed by atoms with E-state index in [0.29, 0.717) is 16.3 Å². The van der Waals surface area contributed by atoms with Crippen LogP contribution in [0.3, 0.4) is 0 Å². The Morgan fingerprint density at radius 2 is 1.71 bits per heavy atom. The van der Waals surface area contributed by atoms with Gasteiger partial charge in [0.05, 0.1) is 21.6 Å². The van der Waals surface area contributed by atoms with Crippen molar-refractivity contribution in [3.63, 3.8) is 0 Å². The fourth-order valence-corrected chi connectivity index (χ4v) is 4.80. The normalized spacial score (nSPS) is 11.7. The Kier molecular flexibility index (Phi) is 4.61. The molecule has 4 aromatic rings. The van der Waals surface area contributed by atoms with E-state index >= 15 is 0 Å². The average molecular weight is 412 g/mol. The summed E-state index contributed by atoms with van der Waals surface area (Å²) in [6.45, 7) is 3.61. The number of nitrogens with zero attached hydrogens (tertiary/aromatic N) is 2. The highest BCUT2D eigenvalue weighted by atomic mass is 35.5. The molecular weight excluding hydrogens is 394 g/mol. The molecule has 0 bridgehead atoms. The molecule has 7 heteroatoms. The molecule has 0 aliphatic carbocycles.